The van der Waals surface area contributed by atoms with Gasteiger partial charge in [0, 0.05) is 37.7 Å². The maximum atomic E-state index is 9.27. The molecule has 0 atom stereocenters. The van der Waals surface area contributed by atoms with Crippen molar-refractivity contribution in [2.24, 2.45) is 0 Å². The molecule has 0 unspecified atom stereocenters. The topological polar surface area (TPSA) is 67.0 Å². The van der Waals surface area contributed by atoms with Crippen LogP contribution < -0.4 is 4.90 Å². The van der Waals surface area contributed by atoms with E-state index in [-0.39, 0.29) is 5.84 Å². The van der Waals surface area contributed by atoms with Gasteiger partial charge in [0.1, 0.15) is 5.84 Å². The van der Waals surface area contributed by atoms with E-state index in [4.69, 9.17) is 5.41 Å². The molecule has 106 valence electrons. The first-order valence-corrected chi connectivity index (χ1v) is 6.54. The van der Waals surface area contributed by atoms with Gasteiger partial charge in [-0.2, -0.15) is 5.26 Å². The quantitative estimate of drug-likeness (QED) is 0.404. The van der Waals surface area contributed by atoms with Crippen molar-refractivity contribution in [1.29, 1.82) is 10.7 Å². The summed E-state index contributed by atoms with van der Waals surface area (Å²) in [6.07, 6.45) is 5.29. The van der Waals surface area contributed by atoms with E-state index in [0.717, 1.165) is 11.3 Å². The minimum absolute atomic E-state index is 0.155. The summed E-state index contributed by atoms with van der Waals surface area (Å²) in [5.41, 5.74) is 2.71. The van der Waals surface area contributed by atoms with E-state index in [2.05, 4.69) is 11.2 Å². The monoisotopic (exact) mass is 279 g/mol. The zero-order chi connectivity index (χ0) is 15.2. The number of hydrogen-bond donors (Lipinski definition) is 1. The Kier molecular flexibility index (Phi) is 4.52. The third-order valence-corrected chi connectivity index (χ3v) is 3.12. The van der Waals surface area contributed by atoms with Gasteiger partial charge in [-0.05, 0) is 29.8 Å². The summed E-state index contributed by atoms with van der Waals surface area (Å²) in [4.78, 5) is 7.34. The van der Waals surface area contributed by atoms with Gasteiger partial charge in [-0.3, -0.25) is 15.3 Å². The van der Waals surface area contributed by atoms with Gasteiger partial charge in [0.2, 0.25) is 0 Å². The molecule has 0 spiro atoms. The molecule has 1 heterocycles. The van der Waals surface area contributed by atoms with Gasteiger partial charge in [-0.1, -0.05) is 12.1 Å². The Labute approximate surface area is 124 Å². The number of amidine groups is 1. The molecule has 0 saturated carbocycles. The summed E-state index contributed by atoms with van der Waals surface area (Å²) in [5.74, 6) is 0.155. The largest absolute Gasteiger partial charge is 0.378 e. The average Bonchev–Trinajstić information content (AvgIpc) is 2.53. The van der Waals surface area contributed by atoms with E-state index in [1.807, 2.05) is 43.3 Å². The molecular weight excluding hydrogens is 262 g/mol. The Morgan fingerprint density at radius 2 is 1.95 bits per heavy atom. The summed E-state index contributed by atoms with van der Waals surface area (Å²) in [6.45, 7) is 0.373. The molecule has 0 aliphatic heterocycles. The standard InChI is InChI=1S/C16H17N5/c1-20(2)15-7-5-13(6-8-15)11-21(12-17)16(18)14-4-3-9-19-10-14/h3-10,18H,11H2,1-2H3. The van der Waals surface area contributed by atoms with E-state index >= 15 is 0 Å². The molecule has 0 aliphatic carbocycles. The van der Waals surface area contributed by atoms with Crippen molar-refractivity contribution in [2.45, 2.75) is 6.54 Å². The second kappa shape index (κ2) is 6.53. The zero-order valence-electron chi connectivity index (χ0n) is 12.1. The SMILES string of the molecule is CN(C)c1ccc(CN(C#N)C(=N)c2cccnc2)cc1. The van der Waals surface area contributed by atoms with E-state index in [1.54, 1.807) is 24.5 Å². The van der Waals surface area contributed by atoms with Gasteiger partial charge in [-0.15, -0.1) is 0 Å². The van der Waals surface area contributed by atoms with E-state index in [1.165, 1.54) is 4.90 Å². The molecule has 0 amide bonds. The highest BCUT2D eigenvalue weighted by atomic mass is 15.2. The van der Waals surface area contributed by atoms with Gasteiger partial charge < -0.3 is 4.90 Å². The molecule has 2 aromatic rings. The molecule has 1 N–H and O–H groups in total. The van der Waals surface area contributed by atoms with Crippen LogP contribution in [0.25, 0.3) is 0 Å². The minimum Gasteiger partial charge on any atom is -0.378 e. The number of rotatable bonds is 4. The fraction of sp³-hybridized carbons (Fsp3) is 0.188. The molecule has 2 rings (SSSR count). The number of nitrogens with zero attached hydrogens (tertiary/aromatic N) is 4. The second-order valence-corrected chi connectivity index (χ2v) is 4.84. The smallest absolute Gasteiger partial charge is 0.185 e. The molecular formula is C16H17N5. The Morgan fingerprint density at radius 1 is 1.24 bits per heavy atom. The van der Waals surface area contributed by atoms with Crippen LogP contribution in [0.5, 0.6) is 0 Å². The van der Waals surface area contributed by atoms with Crippen LogP contribution in [0.15, 0.2) is 48.8 Å². The lowest BCUT2D eigenvalue weighted by Crippen LogP contribution is -2.25. The maximum Gasteiger partial charge on any atom is 0.185 e. The highest BCUT2D eigenvalue weighted by Gasteiger charge is 2.12. The summed E-state index contributed by atoms with van der Waals surface area (Å²) < 4.78 is 0. The van der Waals surface area contributed by atoms with Gasteiger partial charge in [0.25, 0.3) is 0 Å². The first kappa shape index (κ1) is 14.5. The molecule has 5 nitrogen and oxygen atoms in total. The third-order valence-electron chi connectivity index (χ3n) is 3.12. The predicted octanol–water partition coefficient (Wildman–Crippen LogP) is 2.46. The van der Waals surface area contributed by atoms with E-state index < -0.39 is 0 Å². The number of hydrogen-bond acceptors (Lipinski definition) is 4. The van der Waals surface area contributed by atoms with Crippen LogP contribution in [0, 0.1) is 16.9 Å². The Bertz CT molecular complexity index is 641. The van der Waals surface area contributed by atoms with Gasteiger partial charge >= 0.3 is 0 Å². The lowest BCUT2D eigenvalue weighted by molar-refractivity contribution is 0.568. The molecule has 0 bridgehead atoms. The van der Waals surface area contributed by atoms with Crippen LogP contribution in [0.3, 0.4) is 0 Å². The lowest BCUT2D eigenvalue weighted by atomic mass is 10.1. The zero-order valence-corrected chi connectivity index (χ0v) is 12.1. The van der Waals surface area contributed by atoms with Crippen molar-refractivity contribution in [2.75, 3.05) is 19.0 Å². The van der Waals surface area contributed by atoms with Crippen LogP contribution in [-0.2, 0) is 6.54 Å². The lowest BCUT2D eigenvalue weighted by Gasteiger charge is -2.17. The fourth-order valence-electron chi connectivity index (χ4n) is 1.91. The van der Waals surface area contributed by atoms with E-state index in [9.17, 15) is 5.26 Å². The third kappa shape index (κ3) is 3.57. The molecule has 1 aromatic carbocycles. The predicted molar refractivity (Wildman–Crippen MR) is 83.0 cm³/mol. The Balaban J connectivity index is 2.13. The second-order valence-electron chi connectivity index (χ2n) is 4.84. The molecule has 0 fully saturated rings. The normalized spacial score (nSPS) is 9.76. The highest BCUT2D eigenvalue weighted by Crippen LogP contribution is 2.14. The molecule has 0 radical (unpaired) electrons. The Morgan fingerprint density at radius 3 is 2.48 bits per heavy atom. The summed E-state index contributed by atoms with van der Waals surface area (Å²) in [6, 6.07) is 11.5. The van der Waals surface area contributed by atoms with Crippen molar-refractivity contribution in [3.8, 4) is 6.19 Å². The van der Waals surface area contributed by atoms with Crippen LogP contribution in [0.1, 0.15) is 11.1 Å². The number of nitriles is 1. The van der Waals surface area contributed by atoms with Crippen LogP contribution in [0.2, 0.25) is 0 Å². The summed E-state index contributed by atoms with van der Waals surface area (Å²) >= 11 is 0. The van der Waals surface area contributed by atoms with Crippen molar-refractivity contribution in [3.05, 3.63) is 59.9 Å². The first-order chi connectivity index (χ1) is 10.1. The molecule has 1 aromatic heterocycles. The average molecular weight is 279 g/mol. The van der Waals surface area contributed by atoms with Crippen molar-refractivity contribution < 1.29 is 0 Å². The van der Waals surface area contributed by atoms with Crippen LogP contribution >= 0.6 is 0 Å². The number of pyridine rings is 1. The maximum absolute atomic E-state index is 9.27. The fourth-order valence-corrected chi connectivity index (χ4v) is 1.91. The summed E-state index contributed by atoms with van der Waals surface area (Å²) in [7, 11) is 3.96. The van der Waals surface area contributed by atoms with Crippen molar-refractivity contribution in [1.82, 2.24) is 9.88 Å². The number of nitrogens with one attached hydrogen (secondary N) is 1. The van der Waals surface area contributed by atoms with Crippen LogP contribution in [0.4, 0.5) is 5.69 Å². The number of anilines is 1. The van der Waals surface area contributed by atoms with Crippen molar-refractivity contribution in [3.63, 3.8) is 0 Å². The van der Waals surface area contributed by atoms with Crippen molar-refractivity contribution >= 4 is 11.5 Å². The van der Waals surface area contributed by atoms with Gasteiger partial charge in [0.05, 0.1) is 6.54 Å². The molecule has 0 aliphatic rings. The minimum atomic E-state index is 0.155. The molecule has 21 heavy (non-hydrogen) atoms. The highest BCUT2D eigenvalue weighted by molar-refractivity contribution is 5.96. The van der Waals surface area contributed by atoms with E-state index in [0.29, 0.717) is 12.1 Å². The summed E-state index contributed by atoms with van der Waals surface area (Å²) in [5, 5.41) is 17.4. The Hall–Kier alpha value is -2.87. The van der Waals surface area contributed by atoms with Gasteiger partial charge in [-0.25, -0.2) is 0 Å². The van der Waals surface area contributed by atoms with Gasteiger partial charge in [0.15, 0.2) is 6.19 Å². The molecule has 5 heteroatoms. The molecule has 0 saturated heterocycles. The first-order valence-electron chi connectivity index (χ1n) is 6.54. The number of benzene rings is 1. The number of aromatic nitrogens is 1. The van der Waals surface area contributed by atoms with Crippen LogP contribution in [-0.4, -0.2) is 29.8 Å².